The number of rotatable bonds is 7. The Morgan fingerprint density at radius 3 is 2.29 bits per heavy atom. The Balaban J connectivity index is 2.15. The summed E-state index contributed by atoms with van der Waals surface area (Å²) in [6.07, 6.45) is 0. The topological polar surface area (TPSA) is 90.6 Å². The SMILES string of the molecule is COc1cc(NC(=O)CSc2ccccc2)c(C(N)=O)cc1OC. The molecule has 2 rings (SSSR count). The van der Waals surface area contributed by atoms with Crippen molar-refractivity contribution < 1.29 is 19.1 Å². The predicted octanol–water partition coefficient (Wildman–Crippen LogP) is 2.53. The van der Waals surface area contributed by atoms with Crippen LogP contribution >= 0.6 is 11.8 Å². The van der Waals surface area contributed by atoms with Gasteiger partial charge in [-0.05, 0) is 18.2 Å². The number of ether oxygens (including phenoxy) is 2. The normalized spacial score (nSPS) is 10.1. The van der Waals surface area contributed by atoms with E-state index in [2.05, 4.69) is 5.32 Å². The van der Waals surface area contributed by atoms with E-state index in [-0.39, 0.29) is 17.2 Å². The lowest BCUT2D eigenvalue weighted by Crippen LogP contribution is -2.19. The van der Waals surface area contributed by atoms with E-state index in [1.165, 1.54) is 38.1 Å². The van der Waals surface area contributed by atoms with Crippen molar-refractivity contribution in [1.82, 2.24) is 0 Å². The highest BCUT2D eigenvalue weighted by Crippen LogP contribution is 2.33. The summed E-state index contributed by atoms with van der Waals surface area (Å²) in [6, 6.07) is 12.5. The van der Waals surface area contributed by atoms with Gasteiger partial charge in [-0.3, -0.25) is 9.59 Å². The van der Waals surface area contributed by atoms with Crippen LogP contribution in [0.1, 0.15) is 10.4 Å². The number of benzene rings is 2. The van der Waals surface area contributed by atoms with E-state index in [1.54, 1.807) is 0 Å². The van der Waals surface area contributed by atoms with Crippen LogP contribution in [0, 0.1) is 0 Å². The van der Waals surface area contributed by atoms with Gasteiger partial charge >= 0.3 is 0 Å². The number of nitrogens with one attached hydrogen (secondary N) is 1. The Kier molecular flexibility index (Phi) is 6.08. The van der Waals surface area contributed by atoms with Crippen LogP contribution in [0.15, 0.2) is 47.4 Å². The fourth-order valence-electron chi connectivity index (χ4n) is 2.04. The summed E-state index contributed by atoms with van der Waals surface area (Å²) in [7, 11) is 2.93. The fraction of sp³-hybridized carbons (Fsp3) is 0.176. The van der Waals surface area contributed by atoms with E-state index < -0.39 is 5.91 Å². The Morgan fingerprint density at radius 2 is 1.71 bits per heavy atom. The van der Waals surface area contributed by atoms with Gasteiger partial charge < -0.3 is 20.5 Å². The maximum absolute atomic E-state index is 12.2. The Bertz CT molecular complexity index is 735. The highest BCUT2D eigenvalue weighted by molar-refractivity contribution is 8.00. The van der Waals surface area contributed by atoms with Gasteiger partial charge in [0.15, 0.2) is 11.5 Å². The molecule has 7 heteroatoms. The van der Waals surface area contributed by atoms with Gasteiger partial charge in [0.1, 0.15) is 0 Å². The second-order valence-electron chi connectivity index (χ2n) is 4.77. The minimum atomic E-state index is -0.665. The molecule has 24 heavy (non-hydrogen) atoms. The Hall–Kier alpha value is -2.67. The van der Waals surface area contributed by atoms with Crippen LogP contribution in [-0.4, -0.2) is 31.8 Å². The molecule has 2 amide bonds. The molecule has 0 atom stereocenters. The number of thioether (sulfide) groups is 1. The minimum Gasteiger partial charge on any atom is -0.493 e. The zero-order valence-electron chi connectivity index (χ0n) is 13.4. The summed E-state index contributed by atoms with van der Waals surface area (Å²) >= 11 is 1.40. The average Bonchev–Trinajstić information content (AvgIpc) is 2.60. The van der Waals surface area contributed by atoms with Gasteiger partial charge in [0, 0.05) is 11.0 Å². The summed E-state index contributed by atoms with van der Waals surface area (Å²) in [5.74, 6) is 0.0494. The van der Waals surface area contributed by atoms with Gasteiger partial charge in [-0.2, -0.15) is 0 Å². The zero-order valence-corrected chi connectivity index (χ0v) is 14.2. The molecule has 0 aliphatic rings. The Morgan fingerprint density at radius 1 is 1.08 bits per heavy atom. The lowest BCUT2D eigenvalue weighted by atomic mass is 10.1. The number of primary amides is 1. The van der Waals surface area contributed by atoms with Crippen LogP contribution in [0.5, 0.6) is 11.5 Å². The van der Waals surface area contributed by atoms with Gasteiger partial charge in [0.25, 0.3) is 5.91 Å². The Labute approximate surface area is 144 Å². The quantitative estimate of drug-likeness (QED) is 0.752. The molecule has 0 bridgehead atoms. The minimum absolute atomic E-state index is 0.158. The lowest BCUT2D eigenvalue weighted by molar-refractivity contribution is -0.113. The summed E-state index contributed by atoms with van der Waals surface area (Å²) in [5, 5.41) is 2.69. The molecule has 0 radical (unpaired) electrons. The number of hydrogen-bond acceptors (Lipinski definition) is 5. The molecule has 0 unspecified atom stereocenters. The van der Waals surface area contributed by atoms with Crippen LogP contribution in [0.3, 0.4) is 0 Å². The molecule has 0 fully saturated rings. The molecule has 126 valence electrons. The number of nitrogens with two attached hydrogens (primary N) is 1. The number of methoxy groups -OCH3 is 2. The van der Waals surface area contributed by atoms with Crippen LogP contribution in [0.2, 0.25) is 0 Å². The van der Waals surface area contributed by atoms with Crippen molar-refractivity contribution in [3.8, 4) is 11.5 Å². The fourth-order valence-corrected chi connectivity index (χ4v) is 2.76. The number of amides is 2. The van der Waals surface area contributed by atoms with Gasteiger partial charge in [-0.25, -0.2) is 0 Å². The van der Waals surface area contributed by atoms with Crippen LogP contribution in [0.4, 0.5) is 5.69 Å². The van der Waals surface area contributed by atoms with Crippen molar-refractivity contribution in [2.24, 2.45) is 5.73 Å². The first kappa shape index (κ1) is 17.7. The second kappa shape index (κ2) is 8.26. The van der Waals surface area contributed by atoms with Gasteiger partial charge in [0.2, 0.25) is 5.91 Å². The number of carbonyl (C=O) groups is 2. The van der Waals surface area contributed by atoms with Crippen LogP contribution < -0.4 is 20.5 Å². The molecular weight excluding hydrogens is 328 g/mol. The molecule has 3 N–H and O–H groups in total. The first-order valence-corrected chi connectivity index (χ1v) is 8.07. The average molecular weight is 346 g/mol. The molecule has 0 heterocycles. The molecule has 2 aromatic rings. The predicted molar refractivity (Wildman–Crippen MR) is 93.9 cm³/mol. The zero-order chi connectivity index (χ0) is 17.5. The third-order valence-electron chi connectivity index (χ3n) is 3.18. The van der Waals surface area contributed by atoms with Crippen molar-refractivity contribution in [2.75, 3.05) is 25.3 Å². The first-order valence-electron chi connectivity index (χ1n) is 7.08. The molecular formula is C17H18N2O4S. The molecule has 0 spiro atoms. The maximum atomic E-state index is 12.2. The number of carbonyl (C=O) groups excluding carboxylic acids is 2. The lowest BCUT2D eigenvalue weighted by Gasteiger charge is -2.14. The van der Waals surface area contributed by atoms with Crippen LogP contribution in [0.25, 0.3) is 0 Å². The second-order valence-corrected chi connectivity index (χ2v) is 5.82. The maximum Gasteiger partial charge on any atom is 0.250 e. The summed E-state index contributed by atoms with van der Waals surface area (Å²) in [4.78, 5) is 24.8. The van der Waals surface area contributed by atoms with Crippen molar-refractivity contribution in [3.05, 3.63) is 48.0 Å². The van der Waals surface area contributed by atoms with E-state index in [4.69, 9.17) is 15.2 Å². The molecule has 2 aromatic carbocycles. The third-order valence-corrected chi connectivity index (χ3v) is 4.19. The highest BCUT2D eigenvalue weighted by Gasteiger charge is 2.16. The van der Waals surface area contributed by atoms with Gasteiger partial charge in [-0.15, -0.1) is 11.8 Å². The highest BCUT2D eigenvalue weighted by atomic mass is 32.2. The van der Waals surface area contributed by atoms with E-state index in [0.29, 0.717) is 17.2 Å². The monoisotopic (exact) mass is 346 g/mol. The molecule has 0 saturated heterocycles. The van der Waals surface area contributed by atoms with Crippen molar-refractivity contribution in [1.29, 1.82) is 0 Å². The van der Waals surface area contributed by atoms with Gasteiger partial charge in [0.05, 0.1) is 31.2 Å². The largest absolute Gasteiger partial charge is 0.493 e. The third kappa shape index (κ3) is 4.42. The van der Waals surface area contributed by atoms with E-state index in [9.17, 15) is 9.59 Å². The van der Waals surface area contributed by atoms with Gasteiger partial charge in [-0.1, -0.05) is 18.2 Å². The molecule has 6 nitrogen and oxygen atoms in total. The first-order chi connectivity index (χ1) is 11.5. The number of hydrogen-bond donors (Lipinski definition) is 2. The van der Waals surface area contributed by atoms with E-state index in [1.807, 2.05) is 30.3 Å². The smallest absolute Gasteiger partial charge is 0.250 e. The van der Waals surface area contributed by atoms with Crippen molar-refractivity contribution >= 4 is 29.3 Å². The summed E-state index contributed by atoms with van der Waals surface area (Å²) < 4.78 is 10.3. The number of anilines is 1. The molecule has 0 aromatic heterocycles. The standard InChI is InChI=1S/C17H18N2O4S/c1-22-14-8-12(17(18)21)13(9-15(14)23-2)19-16(20)10-24-11-6-4-3-5-7-11/h3-9H,10H2,1-2H3,(H2,18,21)(H,19,20). The van der Waals surface area contributed by atoms with Crippen molar-refractivity contribution in [3.63, 3.8) is 0 Å². The van der Waals surface area contributed by atoms with E-state index >= 15 is 0 Å². The van der Waals surface area contributed by atoms with Crippen molar-refractivity contribution in [2.45, 2.75) is 4.90 Å². The molecule has 0 aliphatic carbocycles. The summed E-state index contributed by atoms with van der Waals surface area (Å²) in [6.45, 7) is 0. The van der Waals surface area contributed by atoms with E-state index in [0.717, 1.165) is 4.90 Å². The van der Waals surface area contributed by atoms with Crippen LogP contribution in [-0.2, 0) is 4.79 Å². The molecule has 0 aliphatic heterocycles. The molecule has 0 saturated carbocycles. The summed E-state index contributed by atoms with van der Waals surface area (Å²) in [5.41, 5.74) is 5.83.